The van der Waals surface area contributed by atoms with Crippen LogP contribution in [0.15, 0.2) is 24.3 Å². The van der Waals surface area contributed by atoms with Gasteiger partial charge < -0.3 is 14.7 Å². The number of rotatable bonds is 6. The van der Waals surface area contributed by atoms with Crippen LogP contribution < -0.4 is 4.90 Å². The average Bonchev–Trinajstić information content (AvgIpc) is 3.01. The molecule has 0 amide bonds. The van der Waals surface area contributed by atoms with Crippen molar-refractivity contribution in [2.24, 2.45) is 16.7 Å². The van der Waals surface area contributed by atoms with E-state index in [0.29, 0.717) is 18.6 Å². The van der Waals surface area contributed by atoms with Crippen LogP contribution >= 0.6 is 0 Å². The Labute approximate surface area is 168 Å². The molecule has 3 fully saturated rings. The maximum atomic E-state index is 13.1. The van der Waals surface area contributed by atoms with E-state index >= 15 is 0 Å². The third kappa shape index (κ3) is 3.57. The smallest absolute Gasteiger partial charge is 0.123 e. The predicted octanol–water partition coefficient (Wildman–Crippen LogP) is 3.54. The summed E-state index contributed by atoms with van der Waals surface area (Å²) < 4.78 is 19.4. The third-order valence-electron chi connectivity index (χ3n) is 8.24. The maximum Gasteiger partial charge on any atom is 0.123 e. The number of aliphatic hydroxyl groups is 1. The molecule has 5 heteroatoms. The number of piperazine rings is 1. The van der Waals surface area contributed by atoms with E-state index in [-0.39, 0.29) is 17.3 Å². The molecule has 1 aromatic carbocycles. The van der Waals surface area contributed by atoms with Gasteiger partial charge in [-0.05, 0) is 60.3 Å². The molecule has 0 aromatic heterocycles. The topological polar surface area (TPSA) is 35.9 Å². The number of hydrogen-bond acceptors (Lipinski definition) is 4. The second-order valence-electron chi connectivity index (χ2n) is 9.85. The molecule has 4 atom stereocenters. The molecule has 1 aliphatic heterocycles. The standard InChI is InChI=1S/C23H35FN2O2/c1-22(2)17-8-9-23(22,3)21(14-17)28-16-20(27)15-25-10-12-26(13-11-25)19-6-4-18(24)5-7-19/h4-7,17,20-21,27H,8-16H2,1-3H3/t17-,20+,21+,23-/m0/s1. The zero-order valence-electron chi connectivity index (χ0n) is 17.5. The Kier molecular flexibility index (Phi) is 5.45. The maximum absolute atomic E-state index is 13.1. The lowest BCUT2D eigenvalue weighted by Gasteiger charge is -2.39. The molecule has 1 heterocycles. The first-order valence-electron chi connectivity index (χ1n) is 10.8. The minimum Gasteiger partial charge on any atom is -0.389 e. The molecule has 4 nitrogen and oxygen atoms in total. The van der Waals surface area contributed by atoms with Crippen molar-refractivity contribution in [1.29, 1.82) is 0 Å². The monoisotopic (exact) mass is 390 g/mol. The number of nitrogens with zero attached hydrogens (tertiary/aromatic N) is 2. The van der Waals surface area contributed by atoms with E-state index in [9.17, 15) is 9.50 Å². The van der Waals surface area contributed by atoms with Crippen molar-refractivity contribution in [3.05, 3.63) is 30.1 Å². The minimum absolute atomic E-state index is 0.196. The number of benzene rings is 1. The van der Waals surface area contributed by atoms with Crippen molar-refractivity contribution in [1.82, 2.24) is 4.90 Å². The summed E-state index contributed by atoms with van der Waals surface area (Å²) >= 11 is 0. The van der Waals surface area contributed by atoms with Gasteiger partial charge in [0.1, 0.15) is 5.82 Å². The molecule has 156 valence electrons. The summed E-state index contributed by atoms with van der Waals surface area (Å²) in [5.74, 6) is 0.567. The second kappa shape index (κ2) is 7.58. The molecule has 4 rings (SSSR count). The van der Waals surface area contributed by atoms with Gasteiger partial charge >= 0.3 is 0 Å². The number of hydrogen-bond donors (Lipinski definition) is 1. The summed E-state index contributed by atoms with van der Waals surface area (Å²) in [6.45, 7) is 11.9. The van der Waals surface area contributed by atoms with Gasteiger partial charge in [0.2, 0.25) is 0 Å². The second-order valence-corrected chi connectivity index (χ2v) is 9.85. The van der Waals surface area contributed by atoms with Crippen LogP contribution in [-0.4, -0.2) is 61.5 Å². The normalized spacial score (nSPS) is 33.4. The van der Waals surface area contributed by atoms with Crippen molar-refractivity contribution in [3.63, 3.8) is 0 Å². The van der Waals surface area contributed by atoms with Crippen LogP contribution in [0.3, 0.4) is 0 Å². The van der Waals surface area contributed by atoms with Crippen LogP contribution in [0, 0.1) is 22.6 Å². The highest BCUT2D eigenvalue weighted by atomic mass is 19.1. The van der Waals surface area contributed by atoms with E-state index in [2.05, 4.69) is 30.6 Å². The number of β-amino-alcohol motifs (C(OH)–C–C–N with tert-alkyl or cyclic N) is 1. The number of anilines is 1. The minimum atomic E-state index is -0.441. The van der Waals surface area contributed by atoms with E-state index in [1.165, 1.54) is 25.0 Å². The Morgan fingerprint density at radius 3 is 2.39 bits per heavy atom. The molecule has 0 radical (unpaired) electrons. The summed E-state index contributed by atoms with van der Waals surface area (Å²) in [7, 11) is 0. The number of aliphatic hydroxyl groups excluding tert-OH is 1. The largest absolute Gasteiger partial charge is 0.389 e. The van der Waals surface area contributed by atoms with Crippen LogP contribution in [0.2, 0.25) is 0 Å². The molecule has 0 unspecified atom stereocenters. The Bertz CT molecular complexity index is 672. The fourth-order valence-corrected chi connectivity index (χ4v) is 5.80. The van der Waals surface area contributed by atoms with Gasteiger partial charge in [-0.2, -0.15) is 0 Å². The summed E-state index contributed by atoms with van der Waals surface area (Å²) in [5, 5.41) is 10.5. The molecule has 1 aromatic rings. The molecule has 1 saturated heterocycles. The zero-order chi connectivity index (χ0) is 19.9. The molecule has 2 aliphatic carbocycles. The van der Waals surface area contributed by atoms with Crippen LogP contribution in [0.1, 0.15) is 40.0 Å². The Balaban J connectivity index is 1.21. The highest BCUT2D eigenvalue weighted by Crippen LogP contribution is 2.66. The Morgan fingerprint density at radius 2 is 1.82 bits per heavy atom. The molecule has 28 heavy (non-hydrogen) atoms. The number of fused-ring (bicyclic) bond motifs is 2. The van der Waals surface area contributed by atoms with Crippen molar-refractivity contribution < 1.29 is 14.2 Å². The lowest BCUT2D eigenvalue weighted by Crippen LogP contribution is -2.49. The van der Waals surface area contributed by atoms with Gasteiger partial charge in [0.15, 0.2) is 0 Å². The van der Waals surface area contributed by atoms with Crippen molar-refractivity contribution in [3.8, 4) is 0 Å². The fraction of sp³-hybridized carbons (Fsp3) is 0.739. The highest BCUT2D eigenvalue weighted by molar-refractivity contribution is 5.46. The average molecular weight is 391 g/mol. The third-order valence-corrected chi connectivity index (χ3v) is 8.24. The highest BCUT2D eigenvalue weighted by Gasteiger charge is 2.61. The zero-order valence-corrected chi connectivity index (χ0v) is 17.5. The molecule has 0 spiro atoms. The van der Waals surface area contributed by atoms with Crippen LogP contribution in [0.5, 0.6) is 0 Å². The first kappa shape index (κ1) is 20.1. The molecular weight excluding hydrogens is 355 g/mol. The van der Waals surface area contributed by atoms with Crippen molar-refractivity contribution in [2.75, 3.05) is 44.2 Å². The lowest BCUT2D eigenvalue weighted by molar-refractivity contribution is -0.0794. The van der Waals surface area contributed by atoms with Gasteiger partial charge in [0.25, 0.3) is 0 Å². The first-order valence-corrected chi connectivity index (χ1v) is 10.8. The van der Waals surface area contributed by atoms with Crippen LogP contribution in [-0.2, 0) is 4.74 Å². The van der Waals surface area contributed by atoms with Crippen molar-refractivity contribution >= 4 is 5.69 Å². The van der Waals surface area contributed by atoms with Crippen LogP contribution in [0.4, 0.5) is 10.1 Å². The Hall–Kier alpha value is -1.17. The molecular formula is C23H35FN2O2. The lowest BCUT2D eigenvalue weighted by atomic mass is 9.70. The molecule has 2 saturated carbocycles. The molecule has 1 N–H and O–H groups in total. The van der Waals surface area contributed by atoms with E-state index < -0.39 is 6.10 Å². The summed E-state index contributed by atoms with van der Waals surface area (Å²) in [6.07, 6.45) is 3.56. The SMILES string of the molecule is CC1(C)[C@H]2CC[C@@]1(C)[C@H](OC[C@H](O)CN1CCN(c3ccc(F)cc3)CC1)C2. The predicted molar refractivity (Wildman–Crippen MR) is 110 cm³/mol. The van der Waals surface area contributed by atoms with Crippen LogP contribution in [0.25, 0.3) is 0 Å². The van der Waals surface area contributed by atoms with Gasteiger partial charge in [0.05, 0.1) is 18.8 Å². The summed E-state index contributed by atoms with van der Waals surface area (Å²) in [6, 6.07) is 6.71. The molecule has 2 bridgehead atoms. The number of ether oxygens (including phenoxy) is 1. The number of halogens is 1. The van der Waals surface area contributed by atoms with E-state index in [1.807, 2.05) is 12.1 Å². The Morgan fingerprint density at radius 1 is 1.14 bits per heavy atom. The fourth-order valence-electron chi connectivity index (χ4n) is 5.80. The van der Waals surface area contributed by atoms with Gasteiger partial charge in [-0.3, -0.25) is 4.90 Å². The quantitative estimate of drug-likeness (QED) is 0.806. The van der Waals surface area contributed by atoms with E-state index in [0.717, 1.165) is 44.2 Å². The first-order chi connectivity index (χ1) is 13.3. The van der Waals surface area contributed by atoms with Gasteiger partial charge in [-0.1, -0.05) is 20.8 Å². The van der Waals surface area contributed by atoms with Gasteiger partial charge in [-0.15, -0.1) is 0 Å². The van der Waals surface area contributed by atoms with Crippen molar-refractivity contribution in [2.45, 2.75) is 52.2 Å². The summed E-state index contributed by atoms with van der Waals surface area (Å²) in [4.78, 5) is 4.58. The summed E-state index contributed by atoms with van der Waals surface area (Å²) in [5.41, 5.74) is 1.66. The van der Waals surface area contributed by atoms with Gasteiger partial charge in [0, 0.05) is 38.4 Å². The van der Waals surface area contributed by atoms with E-state index in [1.54, 1.807) is 0 Å². The molecule has 3 aliphatic rings. The van der Waals surface area contributed by atoms with E-state index in [4.69, 9.17) is 4.74 Å². The van der Waals surface area contributed by atoms with Gasteiger partial charge in [-0.25, -0.2) is 4.39 Å².